The molecule has 7 atom stereocenters. The van der Waals surface area contributed by atoms with Crippen molar-refractivity contribution in [3.63, 3.8) is 0 Å². The van der Waals surface area contributed by atoms with Gasteiger partial charge in [0.1, 0.15) is 0 Å². The quantitative estimate of drug-likeness (QED) is 0.383. The fourth-order valence-corrected chi connectivity index (χ4v) is 9.43. The maximum atomic E-state index is 13.0. The zero-order valence-corrected chi connectivity index (χ0v) is 25.0. The van der Waals surface area contributed by atoms with E-state index in [9.17, 15) is 24.6 Å². The molecule has 0 unspecified atom stereocenters. The number of furan rings is 1. The standard InChI is InChI=1S/C34H36N2O8/c1-32-16-20-18-35-36(22-7-4-6-19(14-22)29(38)42-3)25(20)15-21(32)9-10-23-24-11-12-34(31(40)41,33(24,2)17-26(37)28(23)32)44-30(39)27-8-5-13-43-27/h4-8,13-15,18,23-24,26,28,37H,9-12,16-17H2,1-3H3,(H,40,41)/t23-,24-,26-,28+,32-,33-,34-/m0/s1. The Balaban J connectivity index is 1.21. The molecule has 0 saturated heterocycles. The van der Waals surface area contributed by atoms with E-state index in [2.05, 4.69) is 13.0 Å². The maximum absolute atomic E-state index is 13.0. The number of allylic oxidation sites excluding steroid dienone is 1. The van der Waals surface area contributed by atoms with Crippen LogP contribution in [0.2, 0.25) is 0 Å². The highest BCUT2D eigenvalue weighted by Crippen LogP contribution is 2.68. The fraction of sp³-hybridized carbons (Fsp3) is 0.471. The van der Waals surface area contributed by atoms with Crippen LogP contribution in [-0.4, -0.2) is 56.7 Å². The Hall–Kier alpha value is -4.18. The van der Waals surface area contributed by atoms with Crippen molar-refractivity contribution in [2.24, 2.45) is 28.6 Å². The van der Waals surface area contributed by atoms with Gasteiger partial charge in [0.25, 0.3) is 0 Å². The number of aromatic nitrogens is 2. The second-order valence-corrected chi connectivity index (χ2v) is 13.3. The molecular weight excluding hydrogens is 564 g/mol. The van der Waals surface area contributed by atoms with Gasteiger partial charge in [-0.05, 0) is 104 Å². The van der Waals surface area contributed by atoms with Crippen LogP contribution in [0, 0.1) is 28.6 Å². The molecule has 4 aliphatic rings. The van der Waals surface area contributed by atoms with Gasteiger partial charge >= 0.3 is 17.9 Å². The molecule has 0 bridgehead atoms. The molecule has 0 aliphatic heterocycles. The van der Waals surface area contributed by atoms with E-state index >= 15 is 0 Å². The Morgan fingerprint density at radius 3 is 2.66 bits per heavy atom. The van der Waals surface area contributed by atoms with Crippen LogP contribution >= 0.6 is 0 Å². The van der Waals surface area contributed by atoms with E-state index < -0.39 is 35.0 Å². The first-order valence-corrected chi connectivity index (χ1v) is 15.2. The largest absolute Gasteiger partial charge is 0.478 e. The minimum atomic E-state index is -1.76. The Morgan fingerprint density at radius 2 is 1.93 bits per heavy atom. The van der Waals surface area contributed by atoms with Crippen LogP contribution in [-0.2, 0) is 20.7 Å². The summed E-state index contributed by atoms with van der Waals surface area (Å²) < 4.78 is 17.8. The molecule has 7 rings (SSSR count). The topological polar surface area (TPSA) is 141 Å². The first kappa shape index (κ1) is 28.6. The average Bonchev–Trinajstić information content (AvgIpc) is 3.74. The van der Waals surface area contributed by atoms with Gasteiger partial charge in [-0.2, -0.15) is 5.10 Å². The summed E-state index contributed by atoms with van der Waals surface area (Å²) in [5.41, 5.74) is 1.41. The summed E-state index contributed by atoms with van der Waals surface area (Å²) in [5, 5.41) is 27.2. The summed E-state index contributed by atoms with van der Waals surface area (Å²) in [6.07, 6.45) is 7.89. The highest BCUT2D eigenvalue weighted by Gasteiger charge is 2.71. The summed E-state index contributed by atoms with van der Waals surface area (Å²) in [4.78, 5) is 38.1. The molecule has 10 nitrogen and oxygen atoms in total. The van der Waals surface area contributed by atoms with Gasteiger partial charge in [0.2, 0.25) is 11.4 Å². The first-order valence-electron chi connectivity index (χ1n) is 15.2. The molecule has 230 valence electrons. The van der Waals surface area contributed by atoms with E-state index in [1.165, 1.54) is 25.0 Å². The number of aliphatic hydroxyl groups is 1. The molecule has 0 spiro atoms. The Bertz CT molecular complexity index is 1690. The van der Waals surface area contributed by atoms with Gasteiger partial charge in [-0.25, -0.2) is 19.1 Å². The van der Waals surface area contributed by atoms with Crippen molar-refractivity contribution < 1.29 is 38.5 Å². The zero-order chi connectivity index (χ0) is 31.0. The number of esters is 2. The number of aliphatic carboxylic acids is 1. The monoisotopic (exact) mass is 600 g/mol. The molecule has 2 heterocycles. The number of carboxylic acids is 1. The van der Waals surface area contributed by atoms with Crippen molar-refractivity contribution in [2.45, 2.75) is 64.1 Å². The van der Waals surface area contributed by atoms with E-state index in [0.717, 1.165) is 29.8 Å². The minimum absolute atomic E-state index is 0.0394. The van der Waals surface area contributed by atoms with Crippen molar-refractivity contribution in [1.82, 2.24) is 9.78 Å². The van der Waals surface area contributed by atoms with Crippen LogP contribution in [0.4, 0.5) is 0 Å². The van der Waals surface area contributed by atoms with E-state index in [0.29, 0.717) is 18.4 Å². The molecule has 3 saturated carbocycles. The number of hydrogen-bond acceptors (Lipinski definition) is 8. The maximum Gasteiger partial charge on any atom is 0.375 e. The number of aliphatic hydroxyl groups excluding tert-OH is 1. The molecule has 2 N–H and O–H groups in total. The van der Waals surface area contributed by atoms with Gasteiger partial charge in [0.05, 0.1) is 42.6 Å². The Kier molecular flexibility index (Phi) is 6.44. The lowest BCUT2D eigenvalue weighted by atomic mass is 9.45. The first-order chi connectivity index (χ1) is 21.0. The number of nitrogens with zero attached hydrogens (tertiary/aromatic N) is 2. The fourth-order valence-electron chi connectivity index (χ4n) is 9.43. The summed E-state index contributed by atoms with van der Waals surface area (Å²) in [6, 6.07) is 10.2. The van der Waals surface area contributed by atoms with Gasteiger partial charge < -0.3 is 24.1 Å². The summed E-state index contributed by atoms with van der Waals surface area (Å²) in [7, 11) is 1.36. The SMILES string of the molecule is COC(=O)c1cccc(-n2ncc3c2C=C2CC[C@@H]4[C@H]([C@@H](O)C[C@@]5(C)[C@H]4CC[C@]5(OC(=O)c4ccco4)C(=O)O)[C@@]2(C)C3)c1. The molecule has 2 aromatic heterocycles. The Labute approximate surface area is 254 Å². The molecule has 10 heteroatoms. The lowest BCUT2D eigenvalue weighted by molar-refractivity contribution is -0.195. The number of ether oxygens (including phenoxy) is 2. The summed E-state index contributed by atoms with van der Waals surface area (Å²) in [5.74, 6) is -2.51. The number of carboxylic acid groups (broad SMARTS) is 1. The molecule has 1 aromatic carbocycles. The van der Waals surface area contributed by atoms with Crippen molar-refractivity contribution in [3.8, 4) is 5.69 Å². The van der Waals surface area contributed by atoms with Gasteiger partial charge in [0, 0.05) is 5.41 Å². The van der Waals surface area contributed by atoms with Crippen LogP contribution < -0.4 is 0 Å². The van der Waals surface area contributed by atoms with Crippen molar-refractivity contribution >= 4 is 24.0 Å². The molecular formula is C34H36N2O8. The number of fused-ring (bicyclic) bond motifs is 6. The molecule has 4 aliphatic carbocycles. The van der Waals surface area contributed by atoms with Crippen molar-refractivity contribution in [2.75, 3.05) is 7.11 Å². The van der Waals surface area contributed by atoms with Crippen LogP contribution in [0.15, 0.2) is 58.8 Å². The number of methoxy groups -OCH3 is 1. The van der Waals surface area contributed by atoms with Gasteiger partial charge in [-0.15, -0.1) is 0 Å². The van der Waals surface area contributed by atoms with Crippen molar-refractivity contribution in [1.29, 1.82) is 0 Å². The lowest BCUT2D eigenvalue weighted by Gasteiger charge is -2.60. The second kappa shape index (κ2) is 9.92. The van der Waals surface area contributed by atoms with E-state index in [-0.39, 0.29) is 41.8 Å². The average molecular weight is 601 g/mol. The third-order valence-electron chi connectivity index (χ3n) is 11.4. The smallest absolute Gasteiger partial charge is 0.375 e. The number of carbonyl (C=O) groups excluding carboxylic acids is 2. The van der Waals surface area contributed by atoms with E-state index in [1.807, 2.05) is 23.9 Å². The van der Waals surface area contributed by atoms with E-state index in [1.54, 1.807) is 24.3 Å². The van der Waals surface area contributed by atoms with Gasteiger partial charge in [-0.1, -0.05) is 25.5 Å². The third-order valence-corrected chi connectivity index (χ3v) is 11.4. The zero-order valence-electron chi connectivity index (χ0n) is 25.0. The summed E-state index contributed by atoms with van der Waals surface area (Å²) in [6.45, 7) is 4.10. The minimum Gasteiger partial charge on any atom is -0.478 e. The van der Waals surface area contributed by atoms with Gasteiger partial charge in [0.15, 0.2) is 0 Å². The highest BCUT2D eigenvalue weighted by atomic mass is 16.6. The molecule has 0 radical (unpaired) electrons. The second-order valence-electron chi connectivity index (χ2n) is 13.3. The normalized spacial score (nSPS) is 33.7. The number of hydrogen-bond donors (Lipinski definition) is 2. The van der Waals surface area contributed by atoms with Crippen LogP contribution in [0.25, 0.3) is 11.8 Å². The molecule has 0 amide bonds. The predicted molar refractivity (Wildman–Crippen MR) is 157 cm³/mol. The third kappa shape index (κ3) is 3.89. The van der Waals surface area contributed by atoms with Crippen molar-refractivity contribution in [3.05, 3.63) is 77.0 Å². The van der Waals surface area contributed by atoms with E-state index in [4.69, 9.17) is 19.0 Å². The molecule has 3 fully saturated rings. The number of carbonyl (C=O) groups is 3. The van der Waals surface area contributed by atoms with Gasteiger partial charge in [-0.3, -0.25) is 0 Å². The Morgan fingerprint density at radius 1 is 1.11 bits per heavy atom. The summed E-state index contributed by atoms with van der Waals surface area (Å²) >= 11 is 0. The van der Waals surface area contributed by atoms with Crippen LogP contribution in [0.3, 0.4) is 0 Å². The number of rotatable bonds is 5. The highest BCUT2D eigenvalue weighted by molar-refractivity contribution is 5.91. The van der Waals surface area contributed by atoms with Crippen LogP contribution in [0.5, 0.6) is 0 Å². The number of benzene rings is 1. The molecule has 44 heavy (non-hydrogen) atoms. The van der Waals surface area contributed by atoms with Crippen LogP contribution in [0.1, 0.15) is 78.1 Å². The lowest BCUT2D eigenvalue weighted by Crippen LogP contribution is -2.63. The molecule has 3 aromatic rings. The predicted octanol–water partition coefficient (Wildman–Crippen LogP) is 5.09.